The van der Waals surface area contributed by atoms with Crippen molar-refractivity contribution in [1.29, 1.82) is 0 Å². The van der Waals surface area contributed by atoms with Crippen LogP contribution >= 0.6 is 11.3 Å². The SMILES string of the molecule is CCCCCNC(=O)c1csc(CN(Cc2ccc(C)cc2)Cc2ccc(F)cc2)n1. The molecule has 0 fully saturated rings. The largest absolute Gasteiger partial charge is 0.351 e. The molecule has 0 aliphatic rings. The minimum absolute atomic E-state index is 0.109. The first kappa shape index (κ1) is 23.1. The Morgan fingerprint density at radius 3 is 2.29 bits per heavy atom. The average Bonchev–Trinajstić information content (AvgIpc) is 3.23. The molecule has 1 N–H and O–H groups in total. The van der Waals surface area contributed by atoms with Gasteiger partial charge in [0.25, 0.3) is 5.91 Å². The molecule has 0 unspecified atom stereocenters. The molecule has 0 saturated carbocycles. The Bertz CT molecular complexity index is 906. The number of carbonyl (C=O) groups excluding carboxylic acids is 1. The van der Waals surface area contributed by atoms with Crippen LogP contribution in [0.5, 0.6) is 0 Å². The third kappa shape index (κ3) is 7.56. The van der Waals surface area contributed by atoms with E-state index in [-0.39, 0.29) is 11.7 Å². The van der Waals surface area contributed by atoms with Crippen molar-refractivity contribution in [3.63, 3.8) is 0 Å². The van der Waals surface area contributed by atoms with Gasteiger partial charge in [0, 0.05) is 25.0 Å². The highest BCUT2D eigenvalue weighted by molar-refractivity contribution is 7.09. The summed E-state index contributed by atoms with van der Waals surface area (Å²) in [5, 5.41) is 5.67. The summed E-state index contributed by atoms with van der Waals surface area (Å²) < 4.78 is 13.3. The Morgan fingerprint density at radius 2 is 1.65 bits per heavy atom. The van der Waals surface area contributed by atoms with Gasteiger partial charge < -0.3 is 5.32 Å². The maximum absolute atomic E-state index is 13.3. The molecule has 2 aromatic carbocycles. The van der Waals surface area contributed by atoms with E-state index in [1.54, 1.807) is 0 Å². The second kappa shape index (κ2) is 11.7. The molecular formula is C25H30FN3OS. The highest BCUT2D eigenvalue weighted by Gasteiger charge is 2.14. The van der Waals surface area contributed by atoms with Crippen LogP contribution < -0.4 is 5.32 Å². The van der Waals surface area contributed by atoms with Gasteiger partial charge in [-0.15, -0.1) is 11.3 Å². The molecular weight excluding hydrogens is 409 g/mol. The number of hydrogen-bond acceptors (Lipinski definition) is 4. The van der Waals surface area contributed by atoms with Crippen molar-refractivity contribution in [2.45, 2.75) is 52.7 Å². The first-order valence-electron chi connectivity index (χ1n) is 10.8. The maximum Gasteiger partial charge on any atom is 0.270 e. The van der Waals surface area contributed by atoms with E-state index in [2.05, 4.69) is 53.3 Å². The molecule has 6 heteroatoms. The maximum atomic E-state index is 13.3. The van der Waals surface area contributed by atoms with Gasteiger partial charge in [-0.2, -0.15) is 0 Å². The molecule has 1 aromatic heterocycles. The van der Waals surface area contributed by atoms with Gasteiger partial charge in [0.05, 0.1) is 6.54 Å². The number of unbranched alkanes of at least 4 members (excludes halogenated alkanes) is 2. The van der Waals surface area contributed by atoms with Gasteiger partial charge in [-0.05, 0) is 36.6 Å². The van der Waals surface area contributed by atoms with Crippen LogP contribution in [0.1, 0.15) is 58.4 Å². The van der Waals surface area contributed by atoms with E-state index in [0.717, 1.165) is 36.4 Å². The number of amides is 1. The van der Waals surface area contributed by atoms with Gasteiger partial charge in [0.2, 0.25) is 0 Å². The number of carbonyl (C=O) groups is 1. The van der Waals surface area contributed by atoms with E-state index < -0.39 is 0 Å². The van der Waals surface area contributed by atoms with E-state index in [1.807, 2.05) is 17.5 Å². The average molecular weight is 440 g/mol. The monoisotopic (exact) mass is 439 g/mol. The zero-order chi connectivity index (χ0) is 22.1. The lowest BCUT2D eigenvalue weighted by molar-refractivity contribution is 0.0948. The number of rotatable bonds is 11. The first-order valence-corrected chi connectivity index (χ1v) is 11.7. The first-order chi connectivity index (χ1) is 15.0. The van der Waals surface area contributed by atoms with Crippen LogP contribution in [0.4, 0.5) is 4.39 Å². The lowest BCUT2D eigenvalue weighted by Gasteiger charge is -2.21. The fourth-order valence-corrected chi connectivity index (χ4v) is 4.13. The molecule has 31 heavy (non-hydrogen) atoms. The van der Waals surface area contributed by atoms with Gasteiger partial charge >= 0.3 is 0 Å². The van der Waals surface area contributed by atoms with Crippen molar-refractivity contribution in [1.82, 2.24) is 15.2 Å². The molecule has 164 valence electrons. The highest BCUT2D eigenvalue weighted by atomic mass is 32.1. The van der Waals surface area contributed by atoms with Crippen LogP contribution in [0.2, 0.25) is 0 Å². The number of thiazole rings is 1. The summed E-state index contributed by atoms with van der Waals surface area (Å²) in [5.41, 5.74) is 3.95. The Kier molecular flexibility index (Phi) is 8.74. The second-order valence-electron chi connectivity index (χ2n) is 7.85. The molecule has 0 spiro atoms. The predicted octanol–water partition coefficient (Wildman–Crippen LogP) is 5.71. The van der Waals surface area contributed by atoms with Crippen LogP contribution in [0, 0.1) is 12.7 Å². The number of aromatic nitrogens is 1. The molecule has 0 radical (unpaired) electrons. The van der Waals surface area contributed by atoms with Gasteiger partial charge in [-0.25, -0.2) is 9.37 Å². The number of nitrogens with one attached hydrogen (secondary N) is 1. The number of aryl methyl sites for hydroxylation is 1. The molecule has 0 saturated heterocycles. The molecule has 3 rings (SSSR count). The summed E-state index contributed by atoms with van der Waals surface area (Å²) in [6.45, 7) is 6.94. The number of halogens is 1. The zero-order valence-corrected chi connectivity index (χ0v) is 19.1. The topological polar surface area (TPSA) is 45.2 Å². The molecule has 3 aromatic rings. The van der Waals surface area contributed by atoms with Crippen LogP contribution in [0.15, 0.2) is 53.9 Å². The summed E-state index contributed by atoms with van der Waals surface area (Å²) in [6.07, 6.45) is 3.22. The quantitative estimate of drug-likeness (QED) is 0.389. The molecule has 0 bridgehead atoms. The molecule has 0 aliphatic heterocycles. The lowest BCUT2D eigenvalue weighted by Crippen LogP contribution is -2.25. The summed E-state index contributed by atoms with van der Waals surface area (Å²) >= 11 is 1.50. The Balaban J connectivity index is 1.67. The van der Waals surface area contributed by atoms with Crippen LogP contribution in [0.3, 0.4) is 0 Å². The highest BCUT2D eigenvalue weighted by Crippen LogP contribution is 2.18. The molecule has 4 nitrogen and oxygen atoms in total. The second-order valence-corrected chi connectivity index (χ2v) is 8.79. The van der Waals surface area contributed by atoms with Crippen molar-refractivity contribution in [2.75, 3.05) is 6.54 Å². The minimum Gasteiger partial charge on any atom is -0.351 e. The summed E-state index contributed by atoms with van der Waals surface area (Å²) in [7, 11) is 0. The van der Waals surface area contributed by atoms with Crippen molar-refractivity contribution in [3.05, 3.63) is 87.1 Å². The zero-order valence-electron chi connectivity index (χ0n) is 18.2. The summed E-state index contributed by atoms with van der Waals surface area (Å²) in [4.78, 5) is 19.2. The summed E-state index contributed by atoms with van der Waals surface area (Å²) in [5.74, 6) is -0.342. The van der Waals surface area contributed by atoms with E-state index in [1.165, 1.54) is 34.6 Å². The van der Waals surface area contributed by atoms with E-state index in [0.29, 0.717) is 25.3 Å². The van der Waals surface area contributed by atoms with E-state index in [4.69, 9.17) is 0 Å². The van der Waals surface area contributed by atoms with Gasteiger partial charge in [0.15, 0.2) is 0 Å². The predicted molar refractivity (Wildman–Crippen MR) is 125 cm³/mol. The van der Waals surface area contributed by atoms with Crippen molar-refractivity contribution >= 4 is 17.2 Å². The van der Waals surface area contributed by atoms with Gasteiger partial charge in [0.1, 0.15) is 16.5 Å². The van der Waals surface area contributed by atoms with E-state index in [9.17, 15) is 9.18 Å². The molecule has 0 aliphatic carbocycles. The Hall–Kier alpha value is -2.57. The minimum atomic E-state index is -0.233. The molecule has 0 atom stereocenters. The standard InChI is InChI=1S/C25H30FN3OS/c1-3-4-5-14-27-25(30)23-18-31-24(28-23)17-29(15-20-8-6-19(2)7-9-20)16-21-10-12-22(26)13-11-21/h6-13,18H,3-5,14-17H2,1-2H3,(H,27,30). The lowest BCUT2D eigenvalue weighted by atomic mass is 10.1. The number of benzene rings is 2. The van der Waals surface area contributed by atoms with Crippen LogP contribution in [0.25, 0.3) is 0 Å². The fraction of sp³-hybridized carbons (Fsp3) is 0.360. The number of nitrogens with zero attached hydrogens (tertiary/aromatic N) is 2. The normalized spacial score (nSPS) is 11.1. The summed E-state index contributed by atoms with van der Waals surface area (Å²) in [6, 6.07) is 15.1. The van der Waals surface area contributed by atoms with Crippen molar-refractivity contribution < 1.29 is 9.18 Å². The third-order valence-corrected chi connectivity index (χ3v) is 5.89. The third-order valence-electron chi connectivity index (χ3n) is 5.06. The van der Waals surface area contributed by atoms with Gasteiger partial charge in [-0.1, -0.05) is 61.7 Å². The molecule has 1 amide bonds. The van der Waals surface area contributed by atoms with Gasteiger partial charge in [-0.3, -0.25) is 9.69 Å². The molecule has 1 heterocycles. The van der Waals surface area contributed by atoms with Crippen LogP contribution in [-0.2, 0) is 19.6 Å². The van der Waals surface area contributed by atoms with Crippen molar-refractivity contribution in [3.8, 4) is 0 Å². The fourth-order valence-electron chi connectivity index (χ4n) is 3.31. The Labute approximate surface area is 188 Å². The Morgan fingerprint density at radius 1 is 1.00 bits per heavy atom. The van der Waals surface area contributed by atoms with Crippen LogP contribution in [-0.4, -0.2) is 22.3 Å². The van der Waals surface area contributed by atoms with E-state index >= 15 is 0 Å². The number of hydrogen-bond donors (Lipinski definition) is 1. The van der Waals surface area contributed by atoms with Crippen molar-refractivity contribution in [2.24, 2.45) is 0 Å². The smallest absolute Gasteiger partial charge is 0.270 e.